The van der Waals surface area contributed by atoms with E-state index in [0.29, 0.717) is 12.5 Å². The third kappa shape index (κ3) is 3.85. The highest BCUT2D eigenvalue weighted by molar-refractivity contribution is 5.92. The molecule has 0 heterocycles. The molecule has 0 aliphatic heterocycles. The van der Waals surface area contributed by atoms with E-state index in [2.05, 4.69) is 42.4 Å². The van der Waals surface area contributed by atoms with Gasteiger partial charge < -0.3 is 11.1 Å². The van der Waals surface area contributed by atoms with Gasteiger partial charge in [-0.1, -0.05) is 42.0 Å². The lowest BCUT2D eigenvalue weighted by atomic mass is 10.1. The van der Waals surface area contributed by atoms with Crippen molar-refractivity contribution >= 4 is 11.6 Å². The van der Waals surface area contributed by atoms with Crippen LogP contribution in [0.5, 0.6) is 0 Å². The second kappa shape index (κ2) is 6.05. The minimum absolute atomic E-state index is 0.436. The van der Waals surface area contributed by atoms with Crippen LogP contribution in [0, 0.1) is 13.8 Å². The van der Waals surface area contributed by atoms with Crippen LogP contribution < -0.4 is 11.1 Å². The van der Waals surface area contributed by atoms with Gasteiger partial charge in [0.2, 0.25) is 0 Å². The van der Waals surface area contributed by atoms with E-state index in [1.54, 1.807) is 0 Å². The number of hydrogen-bond acceptors (Lipinski definition) is 1. The topological polar surface area (TPSA) is 50.4 Å². The van der Waals surface area contributed by atoms with E-state index in [4.69, 9.17) is 5.73 Å². The Balaban J connectivity index is 2.02. The summed E-state index contributed by atoms with van der Waals surface area (Å²) in [7, 11) is 0. The van der Waals surface area contributed by atoms with Crippen LogP contribution in [0.4, 0.5) is 5.69 Å². The minimum atomic E-state index is 0.436. The van der Waals surface area contributed by atoms with Gasteiger partial charge in [0, 0.05) is 5.69 Å². The quantitative estimate of drug-likeness (QED) is 0.651. The predicted octanol–water partition coefficient (Wildman–Crippen LogP) is 3.23. The average Bonchev–Trinajstić information content (AvgIpc) is 2.39. The fourth-order valence-electron chi connectivity index (χ4n) is 1.90. The summed E-state index contributed by atoms with van der Waals surface area (Å²) in [6.07, 6.45) is 0. The van der Waals surface area contributed by atoms with Gasteiger partial charge in [-0.25, -0.2) is 4.99 Å². The van der Waals surface area contributed by atoms with Crippen LogP contribution in [-0.4, -0.2) is 5.96 Å². The van der Waals surface area contributed by atoms with E-state index >= 15 is 0 Å². The Hall–Kier alpha value is -2.29. The third-order valence-corrected chi connectivity index (χ3v) is 2.96. The molecule has 0 spiro atoms. The summed E-state index contributed by atoms with van der Waals surface area (Å²) in [5, 5.41) is 3.07. The van der Waals surface area contributed by atoms with E-state index in [-0.39, 0.29) is 0 Å². The Kier molecular flexibility index (Phi) is 4.18. The largest absolute Gasteiger partial charge is 0.370 e. The summed E-state index contributed by atoms with van der Waals surface area (Å²) in [4.78, 5) is 4.36. The van der Waals surface area contributed by atoms with E-state index in [1.807, 2.05) is 30.3 Å². The van der Waals surface area contributed by atoms with Crippen molar-refractivity contribution in [1.82, 2.24) is 0 Å². The molecule has 0 unspecified atom stereocenters. The summed E-state index contributed by atoms with van der Waals surface area (Å²) in [5.41, 5.74) is 10.5. The van der Waals surface area contributed by atoms with Crippen molar-refractivity contribution in [2.45, 2.75) is 20.4 Å². The Morgan fingerprint density at radius 3 is 2.53 bits per heavy atom. The van der Waals surface area contributed by atoms with Crippen LogP contribution in [0.2, 0.25) is 0 Å². The molecule has 0 aromatic heterocycles. The molecule has 3 N–H and O–H groups in total. The summed E-state index contributed by atoms with van der Waals surface area (Å²) >= 11 is 0. The molecule has 0 saturated heterocycles. The average molecular weight is 253 g/mol. The summed E-state index contributed by atoms with van der Waals surface area (Å²) < 4.78 is 0. The Morgan fingerprint density at radius 1 is 1.11 bits per heavy atom. The van der Waals surface area contributed by atoms with Crippen LogP contribution in [0.25, 0.3) is 0 Å². The monoisotopic (exact) mass is 253 g/mol. The van der Waals surface area contributed by atoms with Crippen molar-refractivity contribution in [2.24, 2.45) is 10.7 Å². The molecule has 0 fully saturated rings. The molecular formula is C16H19N3. The van der Waals surface area contributed by atoms with Crippen molar-refractivity contribution in [3.05, 3.63) is 65.2 Å². The molecule has 0 amide bonds. The molecule has 98 valence electrons. The zero-order valence-electron chi connectivity index (χ0n) is 11.4. The number of aryl methyl sites for hydroxylation is 2. The molecule has 3 heteroatoms. The van der Waals surface area contributed by atoms with Gasteiger partial charge in [-0.15, -0.1) is 0 Å². The Bertz CT molecular complexity index is 574. The number of hydrogen-bond donors (Lipinski definition) is 2. The van der Waals surface area contributed by atoms with Gasteiger partial charge in [0.05, 0.1) is 6.54 Å². The Labute approximate surface area is 114 Å². The molecule has 0 bridgehead atoms. The van der Waals surface area contributed by atoms with Gasteiger partial charge >= 0.3 is 0 Å². The maximum absolute atomic E-state index is 5.87. The first-order valence-electron chi connectivity index (χ1n) is 6.33. The van der Waals surface area contributed by atoms with Gasteiger partial charge in [-0.2, -0.15) is 0 Å². The molecular weight excluding hydrogens is 234 g/mol. The summed E-state index contributed by atoms with van der Waals surface area (Å²) in [6, 6.07) is 16.2. The SMILES string of the molecule is Cc1ccc(CN=C(N)Nc2ccccc2)c(C)c1. The van der Waals surface area contributed by atoms with Gasteiger partial charge in [0.25, 0.3) is 0 Å². The molecule has 2 aromatic carbocycles. The standard InChI is InChI=1S/C16H19N3/c1-12-8-9-14(13(2)10-12)11-18-16(17)19-15-6-4-3-5-7-15/h3-10H,11H2,1-2H3,(H3,17,18,19). The zero-order chi connectivity index (χ0) is 13.7. The number of guanidine groups is 1. The molecule has 0 aliphatic carbocycles. The molecule has 2 aromatic rings. The highest BCUT2D eigenvalue weighted by Crippen LogP contribution is 2.11. The predicted molar refractivity (Wildman–Crippen MR) is 81.3 cm³/mol. The van der Waals surface area contributed by atoms with E-state index < -0.39 is 0 Å². The Morgan fingerprint density at radius 2 is 1.84 bits per heavy atom. The van der Waals surface area contributed by atoms with Crippen molar-refractivity contribution in [2.75, 3.05) is 5.32 Å². The van der Waals surface area contributed by atoms with Gasteiger partial charge in [-0.3, -0.25) is 0 Å². The first kappa shape index (κ1) is 13.1. The molecule has 2 rings (SSSR count). The van der Waals surface area contributed by atoms with Gasteiger partial charge in [0.1, 0.15) is 0 Å². The van der Waals surface area contributed by atoms with Crippen molar-refractivity contribution in [3.63, 3.8) is 0 Å². The first-order valence-corrected chi connectivity index (χ1v) is 6.33. The molecule has 0 atom stereocenters. The number of aliphatic imine (C=N–C) groups is 1. The highest BCUT2D eigenvalue weighted by atomic mass is 15.1. The maximum atomic E-state index is 5.87. The smallest absolute Gasteiger partial charge is 0.193 e. The van der Waals surface area contributed by atoms with E-state index in [0.717, 1.165) is 5.69 Å². The van der Waals surface area contributed by atoms with Crippen molar-refractivity contribution in [3.8, 4) is 0 Å². The number of nitrogens with zero attached hydrogens (tertiary/aromatic N) is 1. The molecule has 0 radical (unpaired) electrons. The number of anilines is 1. The molecule has 0 saturated carbocycles. The van der Waals surface area contributed by atoms with Crippen molar-refractivity contribution in [1.29, 1.82) is 0 Å². The number of nitrogens with two attached hydrogens (primary N) is 1. The van der Waals surface area contributed by atoms with Crippen LogP contribution >= 0.6 is 0 Å². The second-order valence-corrected chi connectivity index (χ2v) is 4.62. The van der Waals surface area contributed by atoms with Crippen LogP contribution in [0.1, 0.15) is 16.7 Å². The summed E-state index contributed by atoms with van der Waals surface area (Å²) in [6.45, 7) is 4.78. The van der Waals surface area contributed by atoms with Crippen LogP contribution in [-0.2, 0) is 6.54 Å². The molecule has 19 heavy (non-hydrogen) atoms. The van der Waals surface area contributed by atoms with E-state index in [1.165, 1.54) is 16.7 Å². The van der Waals surface area contributed by atoms with Crippen LogP contribution in [0.15, 0.2) is 53.5 Å². The third-order valence-electron chi connectivity index (χ3n) is 2.96. The minimum Gasteiger partial charge on any atom is -0.370 e. The number of rotatable bonds is 3. The maximum Gasteiger partial charge on any atom is 0.193 e. The normalized spacial score (nSPS) is 11.4. The number of para-hydroxylation sites is 1. The fraction of sp³-hybridized carbons (Fsp3) is 0.188. The first-order chi connectivity index (χ1) is 9.15. The lowest BCUT2D eigenvalue weighted by Crippen LogP contribution is -2.22. The lowest BCUT2D eigenvalue weighted by molar-refractivity contribution is 1.04. The van der Waals surface area contributed by atoms with E-state index in [9.17, 15) is 0 Å². The fourth-order valence-corrected chi connectivity index (χ4v) is 1.90. The zero-order valence-corrected chi connectivity index (χ0v) is 11.4. The van der Waals surface area contributed by atoms with Crippen LogP contribution in [0.3, 0.4) is 0 Å². The second-order valence-electron chi connectivity index (χ2n) is 4.62. The number of benzene rings is 2. The number of nitrogens with one attached hydrogen (secondary N) is 1. The van der Waals surface area contributed by atoms with Gasteiger partial charge in [-0.05, 0) is 37.1 Å². The summed E-state index contributed by atoms with van der Waals surface area (Å²) in [5.74, 6) is 0.436. The lowest BCUT2D eigenvalue weighted by Gasteiger charge is -2.07. The van der Waals surface area contributed by atoms with Crippen molar-refractivity contribution < 1.29 is 0 Å². The highest BCUT2D eigenvalue weighted by Gasteiger charge is 1.98. The van der Waals surface area contributed by atoms with Gasteiger partial charge in [0.15, 0.2) is 5.96 Å². The molecule has 0 aliphatic rings. The molecule has 3 nitrogen and oxygen atoms in total.